The first-order valence-electron chi connectivity index (χ1n) is 6.02. The second kappa shape index (κ2) is 3.82. The number of rotatable bonds is 3. The molecule has 0 aromatic heterocycles. The zero-order valence-electron chi connectivity index (χ0n) is 9.75. The summed E-state index contributed by atoms with van der Waals surface area (Å²) in [7, 11) is 0. The maximum absolute atomic E-state index is 5.84. The third kappa shape index (κ3) is 1.70. The molecule has 0 saturated carbocycles. The van der Waals surface area contributed by atoms with Crippen molar-refractivity contribution in [1.82, 2.24) is 4.90 Å². The molecule has 0 spiro atoms. The number of hydrogen-bond donors (Lipinski definition) is 0. The lowest BCUT2D eigenvalue weighted by Crippen LogP contribution is -2.45. The van der Waals surface area contributed by atoms with E-state index in [0.29, 0.717) is 11.6 Å². The number of hydrogen-bond acceptors (Lipinski definition) is 2. The SMILES string of the molecule is CC(C)OC[C@@]12CCCN1[C@@H](C)CC2. The van der Waals surface area contributed by atoms with E-state index in [1.807, 2.05) is 0 Å². The van der Waals surface area contributed by atoms with Gasteiger partial charge in [0.05, 0.1) is 12.7 Å². The van der Waals surface area contributed by atoms with Gasteiger partial charge in [-0.25, -0.2) is 0 Å². The Morgan fingerprint density at radius 2 is 2.21 bits per heavy atom. The highest BCUT2D eigenvalue weighted by Crippen LogP contribution is 2.42. The van der Waals surface area contributed by atoms with Gasteiger partial charge in [0.1, 0.15) is 0 Å². The zero-order valence-corrected chi connectivity index (χ0v) is 9.75. The van der Waals surface area contributed by atoms with E-state index >= 15 is 0 Å². The van der Waals surface area contributed by atoms with Crippen molar-refractivity contribution >= 4 is 0 Å². The molecule has 0 radical (unpaired) electrons. The van der Waals surface area contributed by atoms with Crippen LogP contribution in [-0.2, 0) is 4.74 Å². The molecule has 2 atom stereocenters. The molecule has 2 heterocycles. The van der Waals surface area contributed by atoms with E-state index in [-0.39, 0.29) is 0 Å². The molecule has 2 aliphatic rings. The van der Waals surface area contributed by atoms with Gasteiger partial charge in [-0.3, -0.25) is 4.90 Å². The predicted molar refractivity (Wildman–Crippen MR) is 58.5 cm³/mol. The third-order valence-electron chi connectivity index (χ3n) is 3.90. The van der Waals surface area contributed by atoms with Gasteiger partial charge in [0.15, 0.2) is 0 Å². The Balaban J connectivity index is 1.99. The molecule has 0 N–H and O–H groups in total. The minimum Gasteiger partial charge on any atom is -0.377 e. The average Bonchev–Trinajstić information content (AvgIpc) is 2.65. The number of ether oxygens (including phenoxy) is 1. The molecule has 14 heavy (non-hydrogen) atoms. The summed E-state index contributed by atoms with van der Waals surface area (Å²) < 4.78 is 5.84. The lowest BCUT2D eigenvalue weighted by Gasteiger charge is -2.34. The third-order valence-corrected chi connectivity index (χ3v) is 3.90. The highest BCUT2D eigenvalue weighted by molar-refractivity contribution is 5.03. The molecule has 0 amide bonds. The Kier molecular flexibility index (Phi) is 2.85. The van der Waals surface area contributed by atoms with Gasteiger partial charge in [0, 0.05) is 11.6 Å². The van der Waals surface area contributed by atoms with E-state index in [9.17, 15) is 0 Å². The topological polar surface area (TPSA) is 12.5 Å². The van der Waals surface area contributed by atoms with Gasteiger partial charge in [0.25, 0.3) is 0 Å². The Bertz CT molecular complexity index is 204. The second-order valence-electron chi connectivity index (χ2n) is 5.27. The second-order valence-corrected chi connectivity index (χ2v) is 5.27. The van der Waals surface area contributed by atoms with Crippen molar-refractivity contribution in [2.45, 2.75) is 64.1 Å². The van der Waals surface area contributed by atoms with Crippen LogP contribution in [0.5, 0.6) is 0 Å². The van der Waals surface area contributed by atoms with E-state index < -0.39 is 0 Å². The van der Waals surface area contributed by atoms with Gasteiger partial charge in [-0.1, -0.05) is 0 Å². The summed E-state index contributed by atoms with van der Waals surface area (Å²) >= 11 is 0. The molecule has 2 fully saturated rings. The van der Waals surface area contributed by atoms with Gasteiger partial charge in [0.2, 0.25) is 0 Å². The molecule has 0 bridgehead atoms. The van der Waals surface area contributed by atoms with Crippen LogP contribution in [0.2, 0.25) is 0 Å². The van der Waals surface area contributed by atoms with Gasteiger partial charge in [-0.05, 0) is 53.0 Å². The standard InChI is InChI=1S/C12H23NO/c1-10(2)14-9-12-6-4-8-13(12)11(3)5-7-12/h10-11H,4-9H2,1-3H3/t11-,12-/m0/s1. The van der Waals surface area contributed by atoms with E-state index in [1.54, 1.807) is 0 Å². The Hall–Kier alpha value is -0.0800. The van der Waals surface area contributed by atoms with Gasteiger partial charge >= 0.3 is 0 Å². The zero-order chi connectivity index (χ0) is 10.2. The van der Waals surface area contributed by atoms with Crippen LogP contribution in [0.15, 0.2) is 0 Å². The molecular weight excluding hydrogens is 174 g/mol. The molecule has 0 aromatic rings. The van der Waals surface area contributed by atoms with Crippen LogP contribution in [-0.4, -0.2) is 35.7 Å². The van der Waals surface area contributed by atoms with Crippen LogP contribution in [0.1, 0.15) is 46.5 Å². The Morgan fingerprint density at radius 3 is 2.93 bits per heavy atom. The first-order valence-corrected chi connectivity index (χ1v) is 6.02. The monoisotopic (exact) mass is 197 g/mol. The van der Waals surface area contributed by atoms with E-state index in [0.717, 1.165) is 12.6 Å². The van der Waals surface area contributed by atoms with Crippen LogP contribution in [0.4, 0.5) is 0 Å². The molecular formula is C12H23NO. The average molecular weight is 197 g/mol. The highest BCUT2D eigenvalue weighted by atomic mass is 16.5. The summed E-state index contributed by atoms with van der Waals surface area (Å²) in [6.45, 7) is 8.88. The van der Waals surface area contributed by atoms with Gasteiger partial charge in [-0.15, -0.1) is 0 Å². The Labute approximate surface area is 87.6 Å². The summed E-state index contributed by atoms with van der Waals surface area (Å²) in [5.74, 6) is 0. The molecule has 0 unspecified atom stereocenters. The largest absolute Gasteiger partial charge is 0.377 e. The van der Waals surface area contributed by atoms with Crippen LogP contribution >= 0.6 is 0 Å². The van der Waals surface area contributed by atoms with Crippen LogP contribution < -0.4 is 0 Å². The fourth-order valence-electron chi connectivity index (χ4n) is 3.10. The normalized spacial score (nSPS) is 38.1. The van der Waals surface area contributed by atoms with Crippen molar-refractivity contribution in [3.05, 3.63) is 0 Å². The first-order chi connectivity index (χ1) is 6.64. The quantitative estimate of drug-likeness (QED) is 0.689. The fraction of sp³-hybridized carbons (Fsp3) is 1.00. The molecule has 82 valence electrons. The van der Waals surface area contributed by atoms with E-state index in [2.05, 4.69) is 25.7 Å². The summed E-state index contributed by atoms with van der Waals surface area (Å²) in [6.07, 6.45) is 5.81. The van der Waals surface area contributed by atoms with Gasteiger partial charge in [-0.2, -0.15) is 0 Å². The molecule has 2 rings (SSSR count). The molecule has 2 heteroatoms. The smallest absolute Gasteiger partial charge is 0.0654 e. The lowest BCUT2D eigenvalue weighted by atomic mass is 9.95. The molecule has 2 saturated heterocycles. The maximum Gasteiger partial charge on any atom is 0.0654 e. The van der Waals surface area contributed by atoms with Crippen molar-refractivity contribution in [3.63, 3.8) is 0 Å². The molecule has 2 nitrogen and oxygen atoms in total. The van der Waals surface area contributed by atoms with E-state index in [4.69, 9.17) is 4.74 Å². The lowest BCUT2D eigenvalue weighted by molar-refractivity contribution is -0.00353. The molecule has 0 aromatic carbocycles. The van der Waals surface area contributed by atoms with Crippen molar-refractivity contribution < 1.29 is 4.74 Å². The highest BCUT2D eigenvalue weighted by Gasteiger charge is 2.47. The number of fused-ring (bicyclic) bond motifs is 1. The molecule has 2 aliphatic heterocycles. The minimum absolute atomic E-state index is 0.378. The summed E-state index contributed by atoms with van der Waals surface area (Å²) in [6, 6.07) is 0.785. The first kappa shape index (κ1) is 10.4. The van der Waals surface area contributed by atoms with Crippen LogP contribution in [0.3, 0.4) is 0 Å². The Morgan fingerprint density at radius 1 is 1.43 bits per heavy atom. The summed E-state index contributed by atoms with van der Waals surface area (Å²) in [5.41, 5.74) is 0.420. The summed E-state index contributed by atoms with van der Waals surface area (Å²) in [4.78, 5) is 2.69. The predicted octanol–water partition coefficient (Wildman–Crippen LogP) is 2.43. The fourth-order valence-corrected chi connectivity index (χ4v) is 3.10. The summed E-state index contributed by atoms with van der Waals surface area (Å²) in [5, 5.41) is 0. The molecule has 0 aliphatic carbocycles. The van der Waals surface area contributed by atoms with Gasteiger partial charge < -0.3 is 4.74 Å². The maximum atomic E-state index is 5.84. The van der Waals surface area contributed by atoms with Crippen LogP contribution in [0, 0.1) is 0 Å². The van der Waals surface area contributed by atoms with Crippen molar-refractivity contribution in [2.75, 3.05) is 13.2 Å². The van der Waals surface area contributed by atoms with Crippen molar-refractivity contribution in [1.29, 1.82) is 0 Å². The van der Waals surface area contributed by atoms with E-state index in [1.165, 1.54) is 32.2 Å². The number of nitrogens with zero attached hydrogens (tertiary/aromatic N) is 1. The van der Waals surface area contributed by atoms with Crippen molar-refractivity contribution in [3.8, 4) is 0 Å². The van der Waals surface area contributed by atoms with Crippen LogP contribution in [0.25, 0.3) is 0 Å². The minimum atomic E-state index is 0.378. The van der Waals surface area contributed by atoms with Crippen molar-refractivity contribution in [2.24, 2.45) is 0 Å².